The fourth-order valence-electron chi connectivity index (χ4n) is 6.45. The molecule has 0 aliphatic carbocycles. The maximum absolute atomic E-state index is 11.2. The van der Waals surface area contributed by atoms with Crippen LogP contribution in [-0.4, -0.2) is 68.4 Å². The molecule has 1 saturated heterocycles. The summed E-state index contributed by atoms with van der Waals surface area (Å²) < 4.78 is 7.82. The molecule has 1 aliphatic rings. The molecule has 264 valence electrons. The van der Waals surface area contributed by atoms with E-state index in [4.69, 9.17) is 27.1 Å². The first-order chi connectivity index (χ1) is 23.9. The zero-order chi connectivity index (χ0) is 35.5. The van der Waals surface area contributed by atoms with E-state index >= 15 is 0 Å². The number of aliphatic hydroxyl groups is 1. The quantitative estimate of drug-likeness (QED) is 0.115. The van der Waals surface area contributed by atoms with Crippen LogP contribution in [0.3, 0.4) is 0 Å². The van der Waals surface area contributed by atoms with Crippen molar-refractivity contribution >= 4 is 65.6 Å². The molecule has 6 aromatic rings. The minimum absolute atomic E-state index is 0.0767. The topological polar surface area (TPSA) is 109 Å². The number of nitrogens with two attached hydrogens (primary N) is 1. The molecular weight excluding hydrogens is 684 g/mol. The third kappa shape index (κ3) is 9.36. The number of ether oxygens (including phenoxy) is 1. The second-order valence-corrected chi connectivity index (χ2v) is 17.1. The Morgan fingerprint density at radius 3 is 2.18 bits per heavy atom. The van der Waals surface area contributed by atoms with Gasteiger partial charge in [0.2, 0.25) is 0 Å². The summed E-state index contributed by atoms with van der Waals surface area (Å²) in [6.07, 6.45) is 3.20. The summed E-state index contributed by atoms with van der Waals surface area (Å²) in [4.78, 5) is 16.2. The summed E-state index contributed by atoms with van der Waals surface area (Å²) in [6.45, 7) is 10.5. The third-order valence-electron chi connectivity index (χ3n) is 8.95. The molecule has 0 unspecified atom stereocenters. The molecule has 4 heterocycles. The van der Waals surface area contributed by atoms with Crippen molar-refractivity contribution in [1.82, 2.24) is 25.2 Å². The summed E-state index contributed by atoms with van der Waals surface area (Å²) in [5.74, 6) is 0.798. The molecule has 7 rings (SSSR count). The van der Waals surface area contributed by atoms with Crippen LogP contribution in [0, 0.1) is 0 Å². The number of aliphatic hydroxyl groups excluding tert-OH is 1. The van der Waals surface area contributed by atoms with E-state index in [0.717, 1.165) is 75.5 Å². The number of aromatic nitrogens is 3. The fourth-order valence-corrected chi connectivity index (χ4v) is 9.06. The molecular formula is C39H47ClN6O2S2. The SMILES string of the molecule is CC(C)(N)Cc1nc2ccccc2s1.COc1ccc2nc(Cl)c(CN3CCC[C@@H]3[C@H](O)CNC(C)(C)Cc3nc4ccccc4s3)cc2c1. The van der Waals surface area contributed by atoms with E-state index in [1.165, 1.54) is 9.40 Å². The van der Waals surface area contributed by atoms with Gasteiger partial charge in [-0.3, -0.25) is 4.90 Å². The summed E-state index contributed by atoms with van der Waals surface area (Å²) in [7, 11) is 1.66. The zero-order valence-corrected chi connectivity index (χ0v) is 31.8. The Morgan fingerprint density at radius 2 is 1.56 bits per heavy atom. The molecule has 3 aromatic carbocycles. The average molecular weight is 731 g/mol. The highest BCUT2D eigenvalue weighted by atomic mass is 35.5. The Kier molecular flexibility index (Phi) is 11.4. The lowest BCUT2D eigenvalue weighted by atomic mass is 9.99. The Labute approximate surface area is 307 Å². The van der Waals surface area contributed by atoms with E-state index in [1.54, 1.807) is 29.8 Å². The first kappa shape index (κ1) is 36.6. The fraction of sp³-hybridized carbons (Fsp3) is 0.410. The first-order valence-corrected chi connectivity index (χ1v) is 19.1. The van der Waals surface area contributed by atoms with E-state index in [2.05, 4.69) is 64.4 Å². The lowest BCUT2D eigenvalue weighted by Gasteiger charge is -2.32. The normalized spacial score (nSPS) is 16.2. The number of nitrogens with one attached hydrogen (secondary N) is 1. The molecule has 11 heteroatoms. The summed E-state index contributed by atoms with van der Waals surface area (Å²) in [5.41, 5.74) is 9.56. The predicted octanol–water partition coefficient (Wildman–Crippen LogP) is 8.02. The number of pyridine rings is 1. The lowest BCUT2D eigenvalue weighted by molar-refractivity contribution is 0.0633. The number of benzene rings is 3. The number of hydrogen-bond donors (Lipinski definition) is 3. The second-order valence-electron chi connectivity index (χ2n) is 14.5. The highest BCUT2D eigenvalue weighted by molar-refractivity contribution is 7.18. The molecule has 8 nitrogen and oxygen atoms in total. The maximum Gasteiger partial charge on any atom is 0.134 e. The molecule has 0 spiro atoms. The van der Waals surface area contributed by atoms with Crippen molar-refractivity contribution in [2.24, 2.45) is 5.73 Å². The van der Waals surface area contributed by atoms with Crippen LogP contribution in [0.4, 0.5) is 0 Å². The largest absolute Gasteiger partial charge is 0.497 e. The number of fused-ring (bicyclic) bond motifs is 3. The number of hydrogen-bond acceptors (Lipinski definition) is 10. The van der Waals surface area contributed by atoms with Gasteiger partial charge in [0.05, 0.1) is 49.2 Å². The van der Waals surface area contributed by atoms with E-state index in [9.17, 15) is 5.11 Å². The van der Waals surface area contributed by atoms with Crippen LogP contribution in [-0.2, 0) is 19.4 Å². The van der Waals surface area contributed by atoms with Gasteiger partial charge in [-0.1, -0.05) is 35.9 Å². The van der Waals surface area contributed by atoms with E-state index in [0.29, 0.717) is 18.2 Å². The Hall–Kier alpha value is -3.22. The van der Waals surface area contributed by atoms with Crippen LogP contribution in [0.5, 0.6) is 5.75 Å². The lowest BCUT2D eigenvalue weighted by Crippen LogP contribution is -2.50. The number of methoxy groups -OCH3 is 1. The van der Waals surface area contributed by atoms with Gasteiger partial charge in [0, 0.05) is 54.0 Å². The van der Waals surface area contributed by atoms with Crippen LogP contribution >= 0.6 is 34.3 Å². The van der Waals surface area contributed by atoms with Crippen LogP contribution < -0.4 is 15.8 Å². The Morgan fingerprint density at radius 1 is 0.920 bits per heavy atom. The van der Waals surface area contributed by atoms with Gasteiger partial charge in [0.1, 0.15) is 10.9 Å². The molecule has 1 aliphatic heterocycles. The van der Waals surface area contributed by atoms with Crippen molar-refractivity contribution in [2.45, 2.75) is 83.1 Å². The minimum atomic E-state index is -0.477. The Balaban J connectivity index is 0.000000257. The van der Waals surface area contributed by atoms with Gasteiger partial charge in [-0.25, -0.2) is 15.0 Å². The standard InChI is InChI=1S/C28H33ClN4O2S.C11H14N2S/c1-28(2,15-26-31-22-7-4-5-9-25(22)36-26)30-16-24(34)23-8-6-12-33(23)17-19-13-18-14-20(35-3)10-11-21(18)32-27(19)29;1-11(2,12)7-10-13-8-5-3-4-6-9(8)14-10/h4-5,7,9-11,13-14,23-24,30,34H,6,8,12,15-17H2,1-3H3;3-6H,7,12H2,1-2H3/t23-,24-;/m1./s1. The third-order valence-corrected chi connectivity index (χ3v) is 11.3. The molecule has 0 amide bonds. The molecule has 0 radical (unpaired) electrons. The van der Waals surface area contributed by atoms with Gasteiger partial charge in [-0.2, -0.15) is 0 Å². The average Bonchev–Trinajstić information content (AvgIpc) is 3.80. The van der Waals surface area contributed by atoms with Crippen LogP contribution in [0.1, 0.15) is 56.1 Å². The summed E-state index contributed by atoms with van der Waals surface area (Å²) >= 11 is 10.0. The molecule has 50 heavy (non-hydrogen) atoms. The number of halogens is 1. The van der Waals surface area contributed by atoms with Crippen LogP contribution in [0.2, 0.25) is 5.15 Å². The van der Waals surface area contributed by atoms with Gasteiger partial charge in [0.25, 0.3) is 0 Å². The van der Waals surface area contributed by atoms with Crippen LogP contribution in [0.25, 0.3) is 31.3 Å². The van der Waals surface area contributed by atoms with E-state index < -0.39 is 6.10 Å². The van der Waals surface area contributed by atoms with Crippen molar-refractivity contribution in [3.05, 3.63) is 93.5 Å². The van der Waals surface area contributed by atoms with Gasteiger partial charge < -0.3 is 20.9 Å². The monoisotopic (exact) mass is 730 g/mol. The zero-order valence-electron chi connectivity index (χ0n) is 29.4. The highest BCUT2D eigenvalue weighted by Crippen LogP contribution is 2.30. The molecule has 3 aromatic heterocycles. The number of nitrogens with zero attached hydrogens (tertiary/aromatic N) is 4. The van der Waals surface area contributed by atoms with Gasteiger partial charge in [-0.15, -0.1) is 22.7 Å². The minimum Gasteiger partial charge on any atom is -0.497 e. The molecule has 4 N–H and O–H groups in total. The number of para-hydroxylation sites is 2. The van der Waals surface area contributed by atoms with Crippen molar-refractivity contribution in [3.63, 3.8) is 0 Å². The van der Waals surface area contributed by atoms with Crippen molar-refractivity contribution < 1.29 is 9.84 Å². The Bertz CT molecular complexity index is 1990. The molecule has 0 bridgehead atoms. The number of rotatable bonds is 11. The number of β-amino-alcohol motifs (C(OH)–C–C–N with tert-alkyl or cyclic N) is 1. The van der Waals surface area contributed by atoms with Gasteiger partial charge in [-0.05, 0) is 95.6 Å². The number of thiazole rings is 2. The molecule has 2 atom stereocenters. The first-order valence-electron chi connectivity index (χ1n) is 17.1. The van der Waals surface area contributed by atoms with Crippen LogP contribution in [0.15, 0.2) is 72.8 Å². The van der Waals surface area contributed by atoms with Crippen molar-refractivity contribution in [2.75, 3.05) is 20.2 Å². The smallest absolute Gasteiger partial charge is 0.134 e. The predicted molar refractivity (Wildman–Crippen MR) is 210 cm³/mol. The summed E-state index contributed by atoms with van der Waals surface area (Å²) in [5, 5.41) is 18.5. The van der Waals surface area contributed by atoms with E-state index in [1.807, 2.05) is 56.3 Å². The highest BCUT2D eigenvalue weighted by Gasteiger charge is 2.32. The van der Waals surface area contributed by atoms with Crippen molar-refractivity contribution in [3.8, 4) is 5.75 Å². The van der Waals surface area contributed by atoms with E-state index in [-0.39, 0.29) is 17.1 Å². The van der Waals surface area contributed by atoms with Crippen molar-refractivity contribution in [1.29, 1.82) is 0 Å². The van der Waals surface area contributed by atoms with Gasteiger partial charge >= 0.3 is 0 Å². The maximum atomic E-state index is 11.2. The number of likely N-dealkylation sites (tertiary alicyclic amines) is 1. The second kappa shape index (κ2) is 15.6. The molecule has 0 saturated carbocycles. The molecule has 1 fully saturated rings. The van der Waals surface area contributed by atoms with Gasteiger partial charge in [0.15, 0.2) is 0 Å². The summed E-state index contributed by atoms with van der Waals surface area (Å²) in [6, 6.07) is 24.4.